The van der Waals surface area contributed by atoms with E-state index in [-0.39, 0.29) is 12.1 Å². The van der Waals surface area contributed by atoms with E-state index in [1.54, 1.807) is 6.26 Å². The predicted molar refractivity (Wildman–Crippen MR) is 77.9 cm³/mol. The second-order valence-electron chi connectivity index (χ2n) is 5.66. The molecule has 6 heteroatoms. The molecule has 116 valence electrons. The van der Waals surface area contributed by atoms with Crippen molar-refractivity contribution < 1.29 is 13.9 Å². The van der Waals surface area contributed by atoms with Crippen LogP contribution in [0, 0.1) is 0 Å². The highest BCUT2D eigenvalue weighted by Gasteiger charge is 2.23. The van der Waals surface area contributed by atoms with Crippen molar-refractivity contribution in [2.45, 2.75) is 25.5 Å². The van der Waals surface area contributed by atoms with Gasteiger partial charge in [0.25, 0.3) is 0 Å². The van der Waals surface area contributed by atoms with Crippen LogP contribution in [0.1, 0.15) is 18.6 Å². The van der Waals surface area contributed by atoms with E-state index >= 15 is 0 Å². The molecule has 0 radical (unpaired) electrons. The molecule has 0 bridgehead atoms. The van der Waals surface area contributed by atoms with Gasteiger partial charge in [0.15, 0.2) is 0 Å². The monoisotopic (exact) mass is 293 g/mol. The molecule has 2 aliphatic rings. The molecule has 3 rings (SSSR count). The van der Waals surface area contributed by atoms with Crippen LogP contribution in [0.3, 0.4) is 0 Å². The lowest BCUT2D eigenvalue weighted by Crippen LogP contribution is -2.52. The summed E-state index contributed by atoms with van der Waals surface area (Å²) in [7, 11) is 0. The lowest BCUT2D eigenvalue weighted by Gasteiger charge is -2.34. The lowest BCUT2D eigenvalue weighted by molar-refractivity contribution is 0.103. The summed E-state index contributed by atoms with van der Waals surface area (Å²) in [5.74, 6) is 0.978. The van der Waals surface area contributed by atoms with Gasteiger partial charge in [-0.1, -0.05) is 0 Å². The number of hydrogen-bond acceptors (Lipinski definition) is 4. The van der Waals surface area contributed by atoms with E-state index in [2.05, 4.69) is 10.2 Å². The van der Waals surface area contributed by atoms with Crippen molar-refractivity contribution in [1.29, 1.82) is 0 Å². The number of carbonyl (C=O) groups is 1. The fourth-order valence-electron chi connectivity index (χ4n) is 2.85. The number of nitrogens with one attached hydrogen (secondary N) is 1. The summed E-state index contributed by atoms with van der Waals surface area (Å²) >= 11 is 0. The summed E-state index contributed by atoms with van der Waals surface area (Å²) in [5.41, 5.74) is 0. The van der Waals surface area contributed by atoms with Gasteiger partial charge in [-0.3, -0.25) is 4.90 Å². The third kappa shape index (κ3) is 3.98. The molecule has 0 aliphatic carbocycles. The first-order valence-corrected chi connectivity index (χ1v) is 7.70. The Bertz CT molecular complexity index is 435. The Morgan fingerprint density at radius 1 is 1.33 bits per heavy atom. The Kier molecular flexibility index (Phi) is 4.77. The van der Waals surface area contributed by atoms with Crippen LogP contribution in [0.2, 0.25) is 0 Å². The Labute approximate surface area is 125 Å². The number of carbonyl (C=O) groups excluding carboxylic acids is 1. The minimum absolute atomic E-state index is 0.0307. The molecular weight excluding hydrogens is 270 g/mol. The van der Waals surface area contributed by atoms with Crippen molar-refractivity contribution in [2.24, 2.45) is 0 Å². The molecule has 1 aromatic rings. The van der Waals surface area contributed by atoms with Gasteiger partial charge in [-0.15, -0.1) is 0 Å². The normalized spacial score (nSPS) is 23.4. The summed E-state index contributed by atoms with van der Waals surface area (Å²) in [6.07, 6.45) is 4.06. The maximum Gasteiger partial charge on any atom is 0.317 e. The van der Waals surface area contributed by atoms with Crippen molar-refractivity contribution in [1.82, 2.24) is 15.1 Å². The molecule has 1 aromatic heterocycles. The maximum absolute atomic E-state index is 12.1. The number of rotatable bonds is 4. The minimum Gasteiger partial charge on any atom is -0.468 e. The first kappa shape index (κ1) is 14.4. The number of ether oxygens (including phenoxy) is 1. The Hall–Kier alpha value is -1.53. The highest BCUT2D eigenvalue weighted by molar-refractivity contribution is 5.74. The van der Waals surface area contributed by atoms with Crippen LogP contribution in [0.5, 0.6) is 0 Å². The van der Waals surface area contributed by atoms with E-state index in [9.17, 15) is 4.79 Å². The molecule has 21 heavy (non-hydrogen) atoms. The molecule has 1 N–H and O–H groups in total. The van der Waals surface area contributed by atoms with E-state index in [4.69, 9.17) is 9.15 Å². The van der Waals surface area contributed by atoms with Crippen LogP contribution in [0.4, 0.5) is 4.79 Å². The summed E-state index contributed by atoms with van der Waals surface area (Å²) in [6, 6.07) is 3.92. The van der Waals surface area contributed by atoms with E-state index in [1.807, 2.05) is 17.0 Å². The number of hydrogen-bond donors (Lipinski definition) is 1. The van der Waals surface area contributed by atoms with Crippen LogP contribution < -0.4 is 5.32 Å². The second-order valence-corrected chi connectivity index (χ2v) is 5.66. The fraction of sp³-hybridized carbons (Fsp3) is 0.667. The number of piperazine rings is 1. The third-order valence-corrected chi connectivity index (χ3v) is 4.12. The van der Waals surface area contributed by atoms with Crippen LogP contribution in [0.15, 0.2) is 22.8 Å². The molecule has 0 spiro atoms. The van der Waals surface area contributed by atoms with Crippen LogP contribution in [-0.2, 0) is 11.3 Å². The number of nitrogens with zero attached hydrogens (tertiary/aromatic N) is 2. The number of amides is 2. The smallest absolute Gasteiger partial charge is 0.317 e. The van der Waals surface area contributed by atoms with Gasteiger partial charge < -0.3 is 19.4 Å². The molecule has 1 atom stereocenters. The van der Waals surface area contributed by atoms with Gasteiger partial charge in [0, 0.05) is 39.3 Å². The fourth-order valence-corrected chi connectivity index (χ4v) is 2.85. The minimum atomic E-state index is 0.0307. The maximum atomic E-state index is 12.1. The summed E-state index contributed by atoms with van der Waals surface area (Å²) in [4.78, 5) is 16.3. The second kappa shape index (κ2) is 6.95. The zero-order chi connectivity index (χ0) is 14.5. The van der Waals surface area contributed by atoms with Gasteiger partial charge in [-0.05, 0) is 25.0 Å². The zero-order valence-corrected chi connectivity index (χ0v) is 12.3. The van der Waals surface area contributed by atoms with Crippen LogP contribution in [-0.4, -0.2) is 61.3 Å². The van der Waals surface area contributed by atoms with Gasteiger partial charge in [0.1, 0.15) is 5.76 Å². The topological polar surface area (TPSA) is 58.0 Å². The van der Waals surface area contributed by atoms with Crippen molar-refractivity contribution in [3.63, 3.8) is 0 Å². The Balaban J connectivity index is 1.37. The summed E-state index contributed by atoms with van der Waals surface area (Å²) in [5, 5.41) is 2.98. The number of urea groups is 1. The molecule has 2 aliphatic heterocycles. The lowest BCUT2D eigenvalue weighted by atomic mass is 10.2. The molecule has 6 nitrogen and oxygen atoms in total. The molecule has 2 amide bonds. The third-order valence-electron chi connectivity index (χ3n) is 4.12. The summed E-state index contributed by atoms with van der Waals surface area (Å²) in [6.45, 7) is 5.56. The van der Waals surface area contributed by atoms with Gasteiger partial charge in [-0.25, -0.2) is 4.79 Å². The molecule has 3 heterocycles. The Morgan fingerprint density at radius 3 is 2.86 bits per heavy atom. The molecule has 0 unspecified atom stereocenters. The van der Waals surface area contributed by atoms with Gasteiger partial charge >= 0.3 is 6.03 Å². The van der Waals surface area contributed by atoms with E-state index in [1.165, 1.54) is 0 Å². The molecule has 2 saturated heterocycles. The quantitative estimate of drug-likeness (QED) is 0.909. The first-order valence-electron chi connectivity index (χ1n) is 7.70. The highest BCUT2D eigenvalue weighted by atomic mass is 16.5. The van der Waals surface area contributed by atoms with Crippen LogP contribution in [0.25, 0.3) is 0 Å². The van der Waals surface area contributed by atoms with Gasteiger partial charge in [0.2, 0.25) is 0 Å². The van der Waals surface area contributed by atoms with Crippen molar-refractivity contribution in [2.75, 3.05) is 39.3 Å². The highest BCUT2D eigenvalue weighted by Crippen LogP contribution is 2.11. The molecular formula is C15H23N3O3. The Morgan fingerprint density at radius 2 is 2.19 bits per heavy atom. The first-order chi connectivity index (χ1) is 10.3. The number of furan rings is 1. The SMILES string of the molecule is O=C(NC[C@@H]1CCCO1)N1CCN(Cc2ccco2)CC1. The van der Waals surface area contributed by atoms with E-state index < -0.39 is 0 Å². The van der Waals surface area contributed by atoms with E-state index in [0.717, 1.165) is 57.9 Å². The standard InChI is InChI=1S/C15H23N3O3/c19-15(16-11-13-3-1-9-20-13)18-7-5-17(6-8-18)12-14-4-2-10-21-14/h2,4,10,13H,1,3,5-9,11-12H2,(H,16,19)/t13-/m0/s1. The zero-order valence-electron chi connectivity index (χ0n) is 12.3. The van der Waals surface area contributed by atoms with Crippen molar-refractivity contribution >= 4 is 6.03 Å². The van der Waals surface area contributed by atoms with Gasteiger partial charge in [-0.2, -0.15) is 0 Å². The summed E-state index contributed by atoms with van der Waals surface area (Å²) < 4.78 is 10.9. The van der Waals surface area contributed by atoms with Crippen LogP contribution >= 0.6 is 0 Å². The average Bonchev–Trinajstić information content (AvgIpc) is 3.19. The molecule has 0 aromatic carbocycles. The van der Waals surface area contributed by atoms with Gasteiger partial charge in [0.05, 0.1) is 18.9 Å². The predicted octanol–water partition coefficient (Wildman–Crippen LogP) is 1.29. The van der Waals surface area contributed by atoms with Crippen molar-refractivity contribution in [3.05, 3.63) is 24.2 Å². The van der Waals surface area contributed by atoms with E-state index in [0.29, 0.717) is 6.54 Å². The largest absolute Gasteiger partial charge is 0.468 e. The molecule has 2 fully saturated rings. The average molecular weight is 293 g/mol. The van der Waals surface area contributed by atoms with Crippen molar-refractivity contribution in [3.8, 4) is 0 Å². The molecule has 0 saturated carbocycles.